The molecule has 0 aliphatic carbocycles. The van der Waals surface area contributed by atoms with Gasteiger partial charge >= 0.3 is 0 Å². The predicted molar refractivity (Wildman–Crippen MR) is 78.2 cm³/mol. The minimum Gasteiger partial charge on any atom is -0.483 e. The summed E-state index contributed by atoms with van der Waals surface area (Å²) in [6.45, 7) is 1.88. The second kappa shape index (κ2) is 5.43. The number of pyridine rings is 1. The summed E-state index contributed by atoms with van der Waals surface area (Å²) in [7, 11) is 0. The average molecular weight is 299 g/mol. The zero-order valence-corrected chi connectivity index (χ0v) is 11.9. The van der Waals surface area contributed by atoms with Crippen molar-refractivity contribution < 1.29 is 4.74 Å². The van der Waals surface area contributed by atoms with Gasteiger partial charge < -0.3 is 4.74 Å². The molecule has 104 valence electrons. The molecule has 6 heteroatoms. The molecule has 0 spiro atoms. The van der Waals surface area contributed by atoms with Crippen molar-refractivity contribution in [2.75, 3.05) is 0 Å². The standard InChI is InChI=1S/C15H11ClN4O/c1-10(21-13-4-2-3-12(16)8-13)15-19-18-14-7-11(9-17)5-6-20(14)15/h2-8,10H,1H3. The quantitative estimate of drug-likeness (QED) is 0.743. The Morgan fingerprint density at radius 3 is 2.90 bits per heavy atom. The molecule has 0 radical (unpaired) electrons. The number of fused-ring (bicyclic) bond motifs is 1. The van der Waals surface area contributed by atoms with Crippen LogP contribution in [0.5, 0.6) is 5.75 Å². The highest BCUT2D eigenvalue weighted by molar-refractivity contribution is 6.30. The molecule has 3 aromatic rings. The van der Waals surface area contributed by atoms with Gasteiger partial charge in [-0.3, -0.25) is 4.40 Å². The number of nitrogens with zero attached hydrogens (tertiary/aromatic N) is 4. The van der Waals surface area contributed by atoms with Crippen molar-refractivity contribution in [2.24, 2.45) is 0 Å². The summed E-state index contributed by atoms with van der Waals surface area (Å²) in [5.74, 6) is 1.33. The Bertz CT molecular complexity index is 837. The zero-order chi connectivity index (χ0) is 14.8. The molecular formula is C15H11ClN4O. The maximum Gasteiger partial charge on any atom is 0.178 e. The van der Waals surface area contributed by atoms with E-state index in [2.05, 4.69) is 16.3 Å². The number of nitriles is 1. The lowest BCUT2D eigenvalue weighted by Crippen LogP contribution is -2.07. The van der Waals surface area contributed by atoms with Gasteiger partial charge in [-0.1, -0.05) is 17.7 Å². The second-order valence-electron chi connectivity index (χ2n) is 4.53. The molecule has 5 nitrogen and oxygen atoms in total. The molecule has 0 saturated carbocycles. The largest absolute Gasteiger partial charge is 0.483 e. The monoisotopic (exact) mass is 298 g/mol. The average Bonchev–Trinajstić information content (AvgIpc) is 2.90. The van der Waals surface area contributed by atoms with Crippen LogP contribution in [0.1, 0.15) is 24.4 Å². The van der Waals surface area contributed by atoms with Gasteiger partial charge in [-0.15, -0.1) is 10.2 Å². The number of ether oxygens (including phenoxy) is 1. The van der Waals surface area contributed by atoms with Crippen LogP contribution in [0.15, 0.2) is 42.6 Å². The summed E-state index contributed by atoms with van der Waals surface area (Å²) < 4.78 is 7.63. The molecule has 0 saturated heterocycles. The Kier molecular flexibility index (Phi) is 3.46. The molecular weight excluding hydrogens is 288 g/mol. The highest BCUT2D eigenvalue weighted by Crippen LogP contribution is 2.23. The lowest BCUT2D eigenvalue weighted by Gasteiger charge is -2.13. The van der Waals surface area contributed by atoms with E-state index in [1.165, 1.54) is 0 Å². The fraction of sp³-hybridized carbons (Fsp3) is 0.133. The van der Waals surface area contributed by atoms with Gasteiger partial charge in [0.05, 0.1) is 11.6 Å². The van der Waals surface area contributed by atoms with E-state index in [9.17, 15) is 0 Å². The lowest BCUT2D eigenvalue weighted by molar-refractivity contribution is 0.215. The number of rotatable bonds is 3. The van der Waals surface area contributed by atoms with Crippen LogP contribution in [0.3, 0.4) is 0 Å². The van der Waals surface area contributed by atoms with E-state index < -0.39 is 0 Å². The molecule has 0 aliphatic rings. The summed E-state index contributed by atoms with van der Waals surface area (Å²) in [5.41, 5.74) is 1.16. The number of benzene rings is 1. The third-order valence-electron chi connectivity index (χ3n) is 3.04. The van der Waals surface area contributed by atoms with Gasteiger partial charge in [-0.2, -0.15) is 5.26 Å². The predicted octanol–water partition coefficient (Wildman–Crippen LogP) is 3.39. The van der Waals surface area contributed by atoms with Crippen LogP contribution in [-0.2, 0) is 0 Å². The van der Waals surface area contributed by atoms with Crippen LogP contribution >= 0.6 is 11.6 Å². The van der Waals surface area contributed by atoms with E-state index in [-0.39, 0.29) is 6.10 Å². The number of halogens is 1. The third-order valence-corrected chi connectivity index (χ3v) is 3.27. The van der Waals surface area contributed by atoms with Crippen molar-refractivity contribution in [1.82, 2.24) is 14.6 Å². The maximum absolute atomic E-state index is 8.89. The molecule has 21 heavy (non-hydrogen) atoms. The zero-order valence-electron chi connectivity index (χ0n) is 11.2. The number of aromatic nitrogens is 3. The van der Waals surface area contributed by atoms with Crippen molar-refractivity contribution in [1.29, 1.82) is 5.26 Å². The molecule has 1 atom stereocenters. The Hall–Kier alpha value is -2.58. The van der Waals surface area contributed by atoms with E-state index in [4.69, 9.17) is 21.6 Å². The van der Waals surface area contributed by atoms with E-state index in [1.54, 1.807) is 34.9 Å². The first-order chi connectivity index (χ1) is 10.2. The normalized spacial score (nSPS) is 12.0. The lowest BCUT2D eigenvalue weighted by atomic mass is 10.3. The smallest absolute Gasteiger partial charge is 0.178 e. The first-order valence-electron chi connectivity index (χ1n) is 6.34. The molecule has 0 amide bonds. The minimum atomic E-state index is -0.300. The molecule has 2 heterocycles. The molecule has 0 fully saturated rings. The summed E-state index contributed by atoms with van der Waals surface area (Å²) in [6.07, 6.45) is 1.47. The van der Waals surface area contributed by atoms with E-state index in [0.29, 0.717) is 27.8 Å². The first kappa shape index (κ1) is 13.4. The molecule has 0 aliphatic heterocycles. The fourth-order valence-corrected chi connectivity index (χ4v) is 2.23. The van der Waals surface area contributed by atoms with Crippen LogP contribution in [-0.4, -0.2) is 14.6 Å². The third kappa shape index (κ3) is 2.67. The van der Waals surface area contributed by atoms with Crippen LogP contribution in [0.4, 0.5) is 0 Å². The second-order valence-corrected chi connectivity index (χ2v) is 4.97. The van der Waals surface area contributed by atoms with Crippen LogP contribution in [0.2, 0.25) is 5.02 Å². The minimum absolute atomic E-state index is 0.300. The Morgan fingerprint density at radius 1 is 1.29 bits per heavy atom. The summed E-state index contributed by atoms with van der Waals surface area (Å²) in [4.78, 5) is 0. The SMILES string of the molecule is CC(Oc1cccc(Cl)c1)c1nnc2cc(C#N)ccn12. The highest BCUT2D eigenvalue weighted by atomic mass is 35.5. The molecule has 3 rings (SSSR count). The van der Waals surface area contributed by atoms with E-state index in [0.717, 1.165) is 0 Å². The van der Waals surface area contributed by atoms with Crippen LogP contribution < -0.4 is 4.74 Å². The van der Waals surface area contributed by atoms with Crippen molar-refractivity contribution in [3.8, 4) is 11.8 Å². The van der Waals surface area contributed by atoms with Gasteiger partial charge in [0.1, 0.15) is 5.75 Å². The van der Waals surface area contributed by atoms with Gasteiger partial charge in [0.2, 0.25) is 0 Å². The van der Waals surface area contributed by atoms with Gasteiger partial charge in [-0.25, -0.2) is 0 Å². The van der Waals surface area contributed by atoms with Crippen LogP contribution in [0, 0.1) is 11.3 Å². The Morgan fingerprint density at radius 2 is 2.14 bits per heavy atom. The van der Waals surface area contributed by atoms with Gasteiger partial charge in [-0.05, 0) is 31.2 Å². The Labute approximate surface area is 126 Å². The molecule has 2 aromatic heterocycles. The van der Waals surface area contributed by atoms with Crippen molar-refractivity contribution in [2.45, 2.75) is 13.0 Å². The van der Waals surface area contributed by atoms with E-state index in [1.807, 2.05) is 19.1 Å². The summed E-state index contributed by atoms with van der Waals surface area (Å²) in [6, 6.07) is 12.7. The molecule has 1 aromatic carbocycles. The van der Waals surface area contributed by atoms with Crippen molar-refractivity contribution in [3.63, 3.8) is 0 Å². The van der Waals surface area contributed by atoms with Gasteiger partial charge in [0.15, 0.2) is 17.6 Å². The molecule has 0 bridgehead atoms. The van der Waals surface area contributed by atoms with Gasteiger partial charge in [0.25, 0.3) is 0 Å². The van der Waals surface area contributed by atoms with Crippen molar-refractivity contribution >= 4 is 17.2 Å². The van der Waals surface area contributed by atoms with E-state index >= 15 is 0 Å². The Balaban J connectivity index is 1.91. The topological polar surface area (TPSA) is 63.2 Å². The fourth-order valence-electron chi connectivity index (χ4n) is 2.05. The number of hydrogen-bond acceptors (Lipinski definition) is 4. The van der Waals surface area contributed by atoms with Crippen LogP contribution in [0.25, 0.3) is 5.65 Å². The summed E-state index contributed by atoms with van der Waals surface area (Å²) >= 11 is 5.94. The highest BCUT2D eigenvalue weighted by Gasteiger charge is 2.15. The molecule has 1 unspecified atom stereocenters. The number of hydrogen-bond donors (Lipinski definition) is 0. The first-order valence-corrected chi connectivity index (χ1v) is 6.72. The van der Waals surface area contributed by atoms with Crippen molar-refractivity contribution in [3.05, 3.63) is 59.0 Å². The summed E-state index contributed by atoms with van der Waals surface area (Å²) in [5, 5.41) is 17.7. The maximum atomic E-state index is 8.89. The van der Waals surface area contributed by atoms with Gasteiger partial charge in [0, 0.05) is 17.3 Å². The molecule has 0 N–H and O–H groups in total.